The molecule has 3 rings (SSSR count). The molecule has 2 heterocycles. The third-order valence-electron chi connectivity index (χ3n) is 4.46. The van der Waals surface area contributed by atoms with Crippen LogP contribution in [0.1, 0.15) is 4.88 Å². The predicted octanol–water partition coefficient (Wildman–Crippen LogP) is 2.57. The van der Waals surface area contributed by atoms with Gasteiger partial charge in [-0.2, -0.15) is 0 Å². The van der Waals surface area contributed by atoms with Crippen LogP contribution in [0.4, 0.5) is 11.4 Å². The van der Waals surface area contributed by atoms with Crippen LogP contribution in [-0.4, -0.2) is 62.5 Å². The van der Waals surface area contributed by atoms with E-state index in [-0.39, 0.29) is 5.91 Å². The second-order valence-corrected chi connectivity index (χ2v) is 7.65. The Morgan fingerprint density at radius 1 is 1.08 bits per heavy atom. The number of rotatable bonds is 6. The van der Waals surface area contributed by atoms with Crippen LogP contribution in [0, 0.1) is 0 Å². The molecule has 1 saturated heterocycles. The third kappa shape index (κ3) is 5.29. The number of carbonyl (C=O) groups excluding carboxylic acids is 1. The van der Waals surface area contributed by atoms with Crippen molar-refractivity contribution < 1.29 is 4.79 Å². The average molecular weight is 359 g/mol. The summed E-state index contributed by atoms with van der Waals surface area (Å²) in [5.74, 6) is 0.0595. The molecule has 25 heavy (non-hydrogen) atoms. The van der Waals surface area contributed by atoms with Gasteiger partial charge in [-0.1, -0.05) is 6.07 Å². The molecule has 0 radical (unpaired) electrons. The molecule has 0 saturated carbocycles. The molecule has 0 unspecified atom stereocenters. The van der Waals surface area contributed by atoms with Gasteiger partial charge in [-0.25, -0.2) is 0 Å². The molecule has 0 atom stereocenters. The molecule has 0 aliphatic carbocycles. The number of thiophene rings is 1. The lowest BCUT2D eigenvalue weighted by Gasteiger charge is -2.34. The molecule has 2 aromatic rings. The van der Waals surface area contributed by atoms with Gasteiger partial charge in [0.05, 0.1) is 6.54 Å². The smallest absolute Gasteiger partial charge is 0.238 e. The van der Waals surface area contributed by atoms with Crippen molar-refractivity contribution in [2.24, 2.45) is 0 Å². The summed E-state index contributed by atoms with van der Waals surface area (Å²) in [5, 5.41) is 5.12. The van der Waals surface area contributed by atoms with E-state index in [2.05, 4.69) is 32.6 Å². The van der Waals surface area contributed by atoms with Crippen LogP contribution >= 0.6 is 11.3 Å². The van der Waals surface area contributed by atoms with Crippen LogP contribution in [0.3, 0.4) is 0 Å². The van der Waals surface area contributed by atoms with Gasteiger partial charge in [0.15, 0.2) is 0 Å². The van der Waals surface area contributed by atoms with Gasteiger partial charge in [0.1, 0.15) is 0 Å². The van der Waals surface area contributed by atoms with Crippen LogP contribution < -0.4 is 10.2 Å². The molecular weight excluding hydrogens is 332 g/mol. The monoisotopic (exact) mass is 358 g/mol. The van der Waals surface area contributed by atoms with Crippen LogP contribution in [-0.2, 0) is 11.3 Å². The fourth-order valence-corrected chi connectivity index (χ4v) is 3.72. The van der Waals surface area contributed by atoms with Crippen molar-refractivity contribution in [3.8, 4) is 0 Å². The van der Waals surface area contributed by atoms with Crippen LogP contribution in [0.2, 0.25) is 0 Å². The Bertz CT molecular complexity index is 661. The Morgan fingerprint density at radius 2 is 1.76 bits per heavy atom. The van der Waals surface area contributed by atoms with E-state index in [0.29, 0.717) is 6.54 Å². The minimum atomic E-state index is 0.0595. The van der Waals surface area contributed by atoms with E-state index in [0.717, 1.165) is 44.1 Å². The molecule has 1 amide bonds. The van der Waals surface area contributed by atoms with Crippen LogP contribution in [0.15, 0.2) is 41.8 Å². The molecule has 0 bridgehead atoms. The fourth-order valence-electron chi connectivity index (χ4n) is 2.97. The second kappa shape index (κ2) is 8.47. The van der Waals surface area contributed by atoms with Gasteiger partial charge in [0.25, 0.3) is 0 Å². The van der Waals surface area contributed by atoms with Gasteiger partial charge in [-0.3, -0.25) is 14.6 Å². The quantitative estimate of drug-likeness (QED) is 0.861. The summed E-state index contributed by atoms with van der Waals surface area (Å²) in [6.45, 7) is 5.40. The van der Waals surface area contributed by atoms with E-state index >= 15 is 0 Å². The number of anilines is 2. The Hall–Kier alpha value is -1.89. The molecule has 1 aromatic heterocycles. The highest BCUT2D eigenvalue weighted by Gasteiger charge is 2.19. The van der Waals surface area contributed by atoms with E-state index < -0.39 is 0 Å². The maximum atomic E-state index is 12.3. The highest BCUT2D eigenvalue weighted by Crippen LogP contribution is 2.16. The Balaban J connectivity index is 1.41. The number of hydrogen-bond donors (Lipinski definition) is 1. The number of amides is 1. The van der Waals surface area contributed by atoms with Crippen molar-refractivity contribution in [3.05, 3.63) is 46.7 Å². The zero-order valence-corrected chi connectivity index (χ0v) is 15.8. The zero-order chi connectivity index (χ0) is 17.6. The number of nitrogens with zero attached hydrogens (tertiary/aromatic N) is 3. The lowest BCUT2D eigenvalue weighted by Crippen LogP contribution is -2.48. The van der Waals surface area contributed by atoms with Crippen LogP contribution in [0.5, 0.6) is 0 Å². The summed E-state index contributed by atoms with van der Waals surface area (Å²) in [4.78, 5) is 20.4. The molecule has 6 heteroatoms. The highest BCUT2D eigenvalue weighted by molar-refractivity contribution is 7.09. The molecular formula is C19H26N4OS. The summed E-state index contributed by atoms with van der Waals surface area (Å²) < 4.78 is 0. The summed E-state index contributed by atoms with van der Waals surface area (Å²) >= 11 is 1.81. The molecule has 5 nitrogen and oxygen atoms in total. The van der Waals surface area contributed by atoms with E-state index in [1.807, 2.05) is 54.6 Å². The Morgan fingerprint density at radius 3 is 2.36 bits per heavy atom. The maximum Gasteiger partial charge on any atom is 0.238 e. The summed E-state index contributed by atoms with van der Waals surface area (Å²) in [6.07, 6.45) is 0. The molecule has 1 aliphatic rings. The standard InChI is InChI=1S/C19H26N4OS/c1-21(2)17-7-5-16(6-8-17)20-19(24)15-23-11-9-22(10-12-23)14-18-4-3-13-25-18/h3-8,13H,9-12,14-15H2,1-2H3,(H,20,24). The van der Waals surface area contributed by atoms with Gasteiger partial charge >= 0.3 is 0 Å². The van der Waals surface area contributed by atoms with Crippen molar-refractivity contribution >= 4 is 28.6 Å². The number of benzene rings is 1. The minimum absolute atomic E-state index is 0.0595. The number of piperazine rings is 1. The van der Waals surface area contributed by atoms with Gasteiger partial charge < -0.3 is 10.2 Å². The van der Waals surface area contributed by atoms with Gasteiger partial charge in [0.2, 0.25) is 5.91 Å². The minimum Gasteiger partial charge on any atom is -0.378 e. The zero-order valence-electron chi connectivity index (χ0n) is 14.9. The first-order valence-electron chi connectivity index (χ1n) is 8.64. The first-order valence-corrected chi connectivity index (χ1v) is 9.52. The first kappa shape index (κ1) is 17.9. The van der Waals surface area contributed by atoms with Gasteiger partial charge in [0, 0.05) is 63.1 Å². The summed E-state index contributed by atoms with van der Waals surface area (Å²) in [6, 6.07) is 12.2. The van der Waals surface area contributed by atoms with Crippen molar-refractivity contribution in [2.45, 2.75) is 6.54 Å². The van der Waals surface area contributed by atoms with Crippen LogP contribution in [0.25, 0.3) is 0 Å². The summed E-state index contributed by atoms with van der Waals surface area (Å²) in [5.41, 5.74) is 1.98. The molecule has 1 aromatic carbocycles. The lowest BCUT2D eigenvalue weighted by molar-refractivity contribution is -0.117. The van der Waals surface area contributed by atoms with E-state index in [1.165, 1.54) is 4.88 Å². The number of hydrogen-bond acceptors (Lipinski definition) is 5. The fraction of sp³-hybridized carbons (Fsp3) is 0.421. The third-order valence-corrected chi connectivity index (χ3v) is 5.32. The van der Waals surface area contributed by atoms with Gasteiger partial charge in [-0.15, -0.1) is 11.3 Å². The lowest BCUT2D eigenvalue weighted by atomic mass is 10.2. The highest BCUT2D eigenvalue weighted by atomic mass is 32.1. The second-order valence-electron chi connectivity index (χ2n) is 6.62. The molecule has 134 valence electrons. The molecule has 1 aliphatic heterocycles. The average Bonchev–Trinajstić information content (AvgIpc) is 3.10. The number of carbonyl (C=O) groups is 1. The van der Waals surface area contributed by atoms with E-state index in [9.17, 15) is 4.79 Å². The molecule has 0 spiro atoms. The Labute approximate surface area is 153 Å². The number of nitrogens with one attached hydrogen (secondary N) is 1. The van der Waals surface area contributed by atoms with Gasteiger partial charge in [-0.05, 0) is 35.7 Å². The van der Waals surface area contributed by atoms with Crippen molar-refractivity contribution in [3.63, 3.8) is 0 Å². The van der Waals surface area contributed by atoms with Crippen molar-refractivity contribution in [2.75, 3.05) is 57.0 Å². The maximum absolute atomic E-state index is 12.3. The molecule has 1 fully saturated rings. The Kier molecular flexibility index (Phi) is 6.07. The topological polar surface area (TPSA) is 38.8 Å². The summed E-state index contributed by atoms with van der Waals surface area (Å²) in [7, 11) is 4.01. The first-order chi connectivity index (χ1) is 12.1. The van der Waals surface area contributed by atoms with E-state index in [1.54, 1.807) is 0 Å². The van der Waals surface area contributed by atoms with Crippen molar-refractivity contribution in [1.82, 2.24) is 9.80 Å². The largest absolute Gasteiger partial charge is 0.378 e. The predicted molar refractivity (Wildman–Crippen MR) is 105 cm³/mol. The normalized spacial score (nSPS) is 15.9. The SMILES string of the molecule is CN(C)c1ccc(NC(=O)CN2CCN(Cc3cccs3)CC2)cc1. The van der Waals surface area contributed by atoms with Crippen molar-refractivity contribution in [1.29, 1.82) is 0 Å². The van der Waals surface area contributed by atoms with E-state index in [4.69, 9.17) is 0 Å². The molecule has 1 N–H and O–H groups in total.